The number of nitro benzene ring substituents is 2. The Balaban J connectivity index is 0.00000261. The molecule has 1 aliphatic heterocycles. The number of nitrogens with one attached hydrogen (secondary N) is 1. The van der Waals surface area contributed by atoms with Gasteiger partial charge in [0.1, 0.15) is 5.82 Å². The monoisotopic (exact) mass is 373 g/mol. The number of nitrogens with zero attached hydrogens (tertiary/aromatic N) is 4. The highest BCUT2D eigenvalue weighted by atomic mass is 16.6. The van der Waals surface area contributed by atoms with E-state index < -0.39 is 27.1 Å². The third-order valence-electron chi connectivity index (χ3n) is 4.06. The molecule has 1 N–H and O–H groups in total. The minimum Gasteiger partial charge on any atom is -0.365 e. The van der Waals surface area contributed by atoms with E-state index in [1.807, 2.05) is 12.1 Å². The molecule has 142 valence electrons. The molecule has 2 aromatic rings. The molecular formula is C17H19N5O5. The number of carbonyl (C=O) groups excluding carboxylic acids is 1. The van der Waals surface area contributed by atoms with Gasteiger partial charge in [0.15, 0.2) is 0 Å². The smallest absolute Gasteiger partial charge is 0.277 e. The number of carbonyl (C=O) groups is 1. The van der Waals surface area contributed by atoms with Gasteiger partial charge >= 0.3 is 0 Å². The highest BCUT2D eigenvalue weighted by Crippen LogP contribution is 2.25. The van der Waals surface area contributed by atoms with Crippen molar-refractivity contribution in [1.29, 1.82) is 0 Å². The Labute approximate surface area is 155 Å². The molecule has 0 radical (unpaired) electrons. The van der Waals surface area contributed by atoms with E-state index >= 15 is 0 Å². The number of rotatable bonds is 5. The third kappa shape index (κ3) is 4.54. The van der Waals surface area contributed by atoms with Gasteiger partial charge < -0.3 is 10.2 Å². The summed E-state index contributed by atoms with van der Waals surface area (Å²) in [7, 11) is 0. The molecule has 1 fully saturated rings. The van der Waals surface area contributed by atoms with Gasteiger partial charge in [-0.3, -0.25) is 25.0 Å². The molecule has 10 nitrogen and oxygen atoms in total. The Morgan fingerprint density at radius 1 is 1.15 bits per heavy atom. The molecule has 0 saturated carbocycles. The lowest BCUT2D eigenvalue weighted by molar-refractivity contribution is -0.394. The van der Waals surface area contributed by atoms with Crippen molar-refractivity contribution in [2.24, 2.45) is 0 Å². The fourth-order valence-corrected chi connectivity index (χ4v) is 2.83. The number of nitro groups is 2. The summed E-state index contributed by atoms with van der Waals surface area (Å²) in [6.07, 6.45) is 2.34. The van der Waals surface area contributed by atoms with Gasteiger partial charge in [-0.1, -0.05) is 13.5 Å². The molecule has 10 heteroatoms. The van der Waals surface area contributed by atoms with Gasteiger partial charge in [0.25, 0.3) is 17.3 Å². The van der Waals surface area contributed by atoms with Crippen LogP contribution in [0.5, 0.6) is 0 Å². The fraction of sp³-hybridized carbons (Fsp3) is 0.294. The molecule has 2 heterocycles. The summed E-state index contributed by atoms with van der Waals surface area (Å²) in [4.78, 5) is 38.8. The van der Waals surface area contributed by atoms with Crippen LogP contribution in [0.4, 0.5) is 17.2 Å². The van der Waals surface area contributed by atoms with E-state index in [1.54, 1.807) is 12.3 Å². The first-order valence-corrected chi connectivity index (χ1v) is 7.85. The summed E-state index contributed by atoms with van der Waals surface area (Å²) in [6, 6.07) is 8.41. The van der Waals surface area contributed by atoms with Crippen LogP contribution in [0.1, 0.15) is 24.2 Å². The molecular weight excluding hydrogens is 354 g/mol. The lowest BCUT2D eigenvalue weighted by atomic mass is 10.1. The SMILES string of the molecule is C.O=C(c1cc([N+](=O)[O-])cc([N+](=O)[O-])c1)N1CC[C@@H](Nc2ccccn2)C1. The molecule has 0 bridgehead atoms. The minimum absolute atomic E-state index is 0. The molecule has 0 spiro atoms. The van der Waals surface area contributed by atoms with Crippen molar-refractivity contribution in [3.05, 3.63) is 68.4 Å². The average Bonchev–Trinajstić information content (AvgIpc) is 3.09. The summed E-state index contributed by atoms with van der Waals surface area (Å²) in [5.74, 6) is 0.222. The predicted octanol–water partition coefficient (Wildman–Crippen LogP) is 2.86. The maximum absolute atomic E-state index is 12.6. The fourth-order valence-electron chi connectivity index (χ4n) is 2.83. The Hall–Kier alpha value is -3.56. The van der Waals surface area contributed by atoms with Crippen molar-refractivity contribution in [3.63, 3.8) is 0 Å². The normalized spacial score (nSPS) is 15.7. The van der Waals surface area contributed by atoms with Gasteiger partial charge in [-0.15, -0.1) is 0 Å². The van der Waals surface area contributed by atoms with E-state index in [-0.39, 0.29) is 19.0 Å². The lowest BCUT2D eigenvalue weighted by Gasteiger charge is -2.17. The average molecular weight is 373 g/mol. The van der Waals surface area contributed by atoms with E-state index in [2.05, 4.69) is 10.3 Å². The number of hydrogen-bond acceptors (Lipinski definition) is 7. The second kappa shape index (κ2) is 8.21. The number of benzene rings is 1. The quantitative estimate of drug-likeness (QED) is 0.629. The molecule has 1 aromatic heterocycles. The number of pyridine rings is 1. The van der Waals surface area contributed by atoms with Crippen molar-refractivity contribution < 1.29 is 14.6 Å². The number of likely N-dealkylation sites (tertiary alicyclic amines) is 1. The van der Waals surface area contributed by atoms with Crippen LogP contribution >= 0.6 is 0 Å². The summed E-state index contributed by atoms with van der Waals surface area (Å²) in [5, 5.41) is 25.2. The first kappa shape index (κ1) is 19.8. The molecule has 1 amide bonds. The maximum Gasteiger partial charge on any atom is 0.277 e. The van der Waals surface area contributed by atoms with Crippen LogP contribution < -0.4 is 5.32 Å². The first-order chi connectivity index (χ1) is 12.4. The largest absolute Gasteiger partial charge is 0.365 e. The van der Waals surface area contributed by atoms with Crippen molar-refractivity contribution in [2.45, 2.75) is 19.9 Å². The zero-order chi connectivity index (χ0) is 18.7. The molecule has 3 rings (SSSR count). The van der Waals surface area contributed by atoms with Crippen LogP contribution in [0.2, 0.25) is 0 Å². The molecule has 0 aliphatic carbocycles. The van der Waals surface area contributed by atoms with E-state index in [1.165, 1.54) is 4.90 Å². The Kier molecular flexibility index (Phi) is 6.01. The van der Waals surface area contributed by atoms with Crippen molar-refractivity contribution >= 4 is 23.1 Å². The number of aromatic nitrogens is 1. The van der Waals surface area contributed by atoms with E-state index in [0.29, 0.717) is 25.3 Å². The van der Waals surface area contributed by atoms with Crippen LogP contribution in [0.3, 0.4) is 0 Å². The van der Waals surface area contributed by atoms with Gasteiger partial charge in [0, 0.05) is 37.5 Å². The predicted molar refractivity (Wildman–Crippen MR) is 98.7 cm³/mol. The molecule has 27 heavy (non-hydrogen) atoms. The zero-order valence-corrected chi connectivity index (χ0v) is 13.6. The summed E-state index contributed by atoms with van der Waals surface area (Å²) < 4.78 is 0. The third-order valence-corrected chi connectivity index (χ3v) is 4.06. The number of non-ortho nitro benzene ring substituents is 2. The van der Waals surface area contributed by atoms with Gasteiger partial charge in [-0.2, -0.15) is 0 Å². The highest BCUT2D eigenvalue weighted by Gasteiger charge is 2.29. The van der Waals surface area contributed by atoms with E-state index in [9.17, 15) is 25.0 Å². The van der Waals surface area contributed by atoms with Gasteiger partial charge in [0.2, 0.25) is 0 Å². The minimum atomic E-state index is -0.751. The van der Waals surface area contributed by atoms with Crippen molar-refractivity contribution in [2.75, 3.05) is 18.4 Å². The zero-order valence-electron chi connectivity index (χ0n) is 13.6. The second-order valence-electron chi connectivity index (χ2n) is 5.85. The van der Waals surface area contributed by atoms with E-state index in [4.69, 9.17) is 0 Å². The van der Waals surface area contributed by atoms with E-state index in [0.717, 1.165) is 18.2 Å². The lowest BCUT2D eigenvalue weighted by Crippen LogP contribution is -2.31. The van der Waals surface area contributed by atoms with Crippen LogP contribution in [-0.2, 0) is 0 Å². The molecule has 1 atom stereocenters. The van der Waals surface area contributed by atoms with Crippen molar-refractivity contribution in [3.8, 4) is 0 Å². The first-order valence-electron chi connectivity index (χ1n) is 7.85. The van der Waals surface area contributed by atoms with Crippen LogP contribution in [0.25, 0.3) is 0 Å². The summed E-state index contributed by atoms with van der Waals surface area (Å²) >= 11 is 0. The highest BCUT2D eigenvalue weighted by molar-refractivity contribution is 5.95. The number of amides is 1. The Bertz CT molecular complexity index is 826. The number of hydrogen-bond donors (Lipinski definition) is 1. The standard InChI is InChI=1S/C16H15N5O5.CH4/c22-16(11-7-13(20(23)24)9-14(8-11)21(25)26)19-6-4-12(10-19)18-15-3-1-2-5-17-15;/h1-3,5,7-9,12H,4,6,10H2,(H,17,18);1H4/t12-;/m1./s1. The second-order valence-corrected chi connectivity index (χ2v) is 5.85. The molecule has 1 aromatic carbocycles. The summed E-state index contributed by atoms with van der Waals surface area (Å²) in [6.45, 7) is 0.825. The maximum atomic E-state index is 12.6. The Morgan fingerprint density at radius 3 is 2.37 bits per heavy atom. The molecule has 1 saturated heterocycles. The van der Waals surface area contributed by atoms with Crippen LogP contribution in [0.15, 0.2) is 42.6 Å². The van der Waals surface area contributed by atoms with Gasteiger partial charge in [-0.05, 0) is 18.6 Å². The number of anilines is 1. The van der Waals surface area contributed by atoms with Crippen molar-refractivity contribution in [1.82, 2.24) is 9.88 Å². The van der Waals surface area contributed by atoms with Crippen LogP contribution in [-0.4, -0.2) is 44.8 Å². The topological polar surface area (TPSA) is 132 Å². The van der Waals surface area contributed by atoms with Gasteiger partial charge in [-0.25, -0.2) is 4.98 Å². The summed E-state index contributed by atoms with van der Waals surface area (Å²) in [5.41, 5.74) is -1.03. The van der Waals surface area contributed by atoms with Gasteiger partial charge in [0.05, 0.1) is 21.5 Å². The molecule has 0 unspecified atom stereocenters. The van der Waals surface area contributed by atoms with Crippen LogP contribution in [0, 0.1) is 20.2 Å². The molecule has 1 aliphatic rings. The Morgan fingerprint density at radius 2 is 1.81 bits per heavy atom.